The molecule has 0 spiro atoms. The second kappa shape index (κ2) is 13.1. The van der Waals surface area contributed by atoms with Crippen LogP contribution in [0.3, 0.4) is 0 Å². The number of aliphatic hydroxyl groups is 1. The van der Waals surface area contributed by atoms with Gasteiger partial charge in [0, 0.05) is 7.11 Å². The lowest BCUT2D eigenvalue weighted by Gasteiger charge is -2.43. The predicted molar refractivity (Wildman–Crippen MR) is 145 cm³/mol. The summed E-state index contributed by atoms with van der Waals surface area (Å²) in [6.07, 6.45) is -3.64. The zero-order valence-corrected chi connectivity index (χ0v) is 21.5. The van der Waals surface area contributed by atoms with Gasteiger partial charge in [-0.15, -0.1) is 0 Å². The quantitative estimate of drug-likeness (QED) is 0.295. The van der Waals surface area contributed by atoms with Crippen LogP contribution >= 0.6 is 0 Å². The Morgan fingerprint density at radius 2 is 1.26 bits per heavy atom. The van der Waals surface area contributed by atoms with Gasteiger partial charge in [0.15, 0.2) is 6.29 Å². The smallest absolute Gasteiger partial charge is 0.186 e. The van der Waals surface area contributed by atoms with Crippen molar-refractivity contribution in [1.82, 2.24) is 0 Å². The molecule has 6 nitrogen and oxygen atoms in total. The first-order valence-electron chi connectivity index (χ1n) is 12.9. The fourth-order valence-electron chi connectivity index (χ4n) is 4.74. The molecule has 1 aliphatic heterocycles. The Labute approximate surface area is 223 Å². The van der Waals surface area contributed by atoms with Gasteiger partial charge in [0.1, 0.15) is 24.4 Å². The largest absolute Gasteiger partial charge is 0.387 e. The summed E-state index contributed by atoms with van der Waals surface area (Å²) in [6, 6.07) is 34.2. The van der Waals surface area contributed by atoms with Gasteiger partial charge >= 0.3 is 0 Å². The Morgan fingerprint density at radius 1 is 0.658 bits per heavy atom. The SMILES string of the molecule is CO[C@H]1O[C@H](COCc2ccc3ccccc3c2)[C@H](O)[C@H](OCc2ccccc2)[C@H]1OCc1ccccc1. The number of hydrogen-bond donors (Lipinski definition) is 1. The van der Waals surface area contributed by atoms with Crippen LogP contribution in [-0.4, -0.2) is 49.5 Å². The Bertz CT molecular complexity index is 1260. The molecule has 4 aromatic carbocycles. The van der Waals surface area contributed by atoms with Crippen molar-refractivity contribution in [2.75, 3.05) is 13.7 Å². The van der Waals surface area contributed by atoms with Crippen molar-refractivity contribution >= 4 is 10.8 Å². The second-order valence-corrected chi connectivity index (χ2v) is 9.49. The van der Waals surface area contributed by atoms with E-state index in [9.17, 15) is 5.11 Å². The lowest BCUT2D eigenvalue weighted by Crippen LogP contribution is -2.60. The maximum atomic E-state index is 11.4. The summed E-state index contributed by atoms with van der Waals surface area (Å²) in [4.78, 5) is 0. The summed E-state index contributed by atoms with van der Waals surface area (Å²) in [5.41, 5.74) is 3.07. The van der Waals surface area contributed by atoms with Crippen molar-refractivity contribution < 1.29 is 28.8 Å². The summed E-state index contributed by atoms with van der Waals surface area (Å²) in [5, 5.41) is 13.7. The molecule has 0 radical (unpaired) electrons. The molecule has 0 saturated carbocycles. The van der Waals surface area contributed by atoms with Gasteiger partial charge in [-0.05, 0) is 33.5 Å². The Hall–Kier alpha value is -3.10. The summed E-state index contributed by atoms with van der Waals surface area (Å²) in [5.74, 6) is 0. The van der Waals surface area contributed by atoms with E-state index in [1.54, 1.807) is 7.11 Å². The van der Waals surface area contributed by atoms with Crippen molar-refractivity contribution in [2.24, 2.45) is 0 Å². The van der Waals surface area contributed by atoms with Gasteiger partial charge in [-0.2, -0.15) is 0 Å². The minimum absolute atomic E-state index is 0.185. The van der Waals surface area contributed by atoms with Crippen LogP contribution < -0.4 is 0 Å². The van der Waals surface area contributed by atoms with E-state index >= 15 is 0 Å². The zero-order chi connectivity index (χ0) is 26.2. The molecule has 0 aliphatic carbocycles. The summed E-state index contributed by atoms with van der Waals surface area (Å²) in [7, 11) is 1.57. The Morgan fingerprint density at radius 3 is 1.92 bits per heavy atom. The first-order chi connectivity index (χ1) is 18.7. The molecule has 5 atom stereocenters. The van der Waals surface area contributed by atoms with Crippen LogP contribution in [0.1, 0.15) is 16.7 Å². The molecule has 5 rings (SSSR count). The summed E-state index contributed by atoms with van der Waals surface area (Å²) >= 11 is 0. The molecule has 0 aromatic heterocycles. The molecule has 0 amide bonds. The molecule has 38 heavy (non-hydrogen) atoms. The molecule has 1 N–H and O–H groups in total. The molecule has 198 valence electrons. The van der Waals surface area contributed by atoms with Gasteiger partial charge in [-0.25, -0.2) is 0 Å². The predicted octanol–water partition coefficient (Wildman–Crippen LogP) is 5.26. The van der Waals surface area contributed by atoms with Gasteiger partial charge < -0.3 is 28.8 Å². The number of hydrogen-bond acceptors (Lipinski definition) is 6. The molecule has 0 bridgehead atoms. The van der Waals surface area contributed by atoms with Crippen molar-refractivity contribution in [3.63, 3.8) is 0 Å². The first kappa shape index (κ1) is 26.5. The van der Waals surface area contributed by atoms with Crippen LogP contribution in [0.5, 0.6) is 0 Å². The van der Waals surface area contributed by atoms with Crippen molar-refractivity contribution in [2.45, 2.75) is 50.5 Å². The maximum absolute atomic E-state index is 11.4. The Balaban J connectivity index is 1.26. The summed E-state index contributed by atoms with van der Waals surface area (Å²) < 4.78 is 30.3. The van der Waals surface area contributed by atoms with E-state index in [4.69, 9.17) is 23.7 Å². The number of methoxy groups -OCH3 is 1. The van der Waals surface area contributed by atoms with Crippen LogP contribution in [0.4, 0.5) is 0 Å². The zero-order valence-electron chi connectivity index (χ0n) is 21.5. The monoisotopic (exact) mass is 514 g/mol. The van der Waals surface area contributed by atoms with Crippen molar-refractivity contribution in [1.29, 1.82) is 0 Å². The molecule has 0 unspecified atom stereocenters. The van der Waals surface area contributed by atoms with E-state index in [1.165, 1.54) is 5.39 Å². The maximum Gasteiger partial charge on any atom is 0.186 e. The van der Waals surface area contributed by atoms with E-state index in [1.807, 2.05) is 72.8 Å². The van der Waals surface area contributed by atoms with Crippen LogP contribution in [0, 0.1) is 0 Å². The lowest BCUT2D eigenvalue weighted by atomic mass is 9.98. The molecular weight excluding hydrogens is 480 g/mol. The normalized spacial score (nSPS) is 23.5. The topological polar surface area (TPSA) is 66.4 Å². The highest BCUT2D eigenvalue weighted by Gasteiger charge is 2.47. The van der Waals surface area contributed by atoms with E-state index in [2.05, 4.69) is 30.3 Å². The first-order valence-corrected chi connectivity index (χ1v) is 12.9. The van der Waals surface area contributed by atoms with E-state index in [0.717, 1.165) is 22.1 Å². The van der Waals surface area contributed by atoms with Crippen molar-refractivity contribution in [3.05, 3.63) is 120 Å². The lowest BCUT2D eigenvalue weighted by molar-refractivity contribution is -0.315. The van der Waals surface area contributed by atoms with Gasteiger partial charge in [0.2, 0.25) is 0 Å². The fraction of sp³-hybridized carbons (Fsp3) is 0.312. The highest BCUT2D eigenvalue weighted by atomic mass is 16.7. The van der Waals surface area contributed by atoms with Crippen molar-refractivity contribution in [3.8, 4) is 0 Å². The average molecular weight is 515 g/mol. The Kier molecular flexibility index (Phi) is 9.15. The van der Waals surface area contributed by atoms with Crippen LogP contribution in [-0.2, 0) is 43.5 Å². The summed E-state index contributed by atoms with van der Waals surface area (Å²) in [6.45, 7) is 1.26. The molecule has 6 heteroatoms. The third-order valence-corrected chi connectivity index (χ3v) is 6.79. The molecule has 4 aromatic rings. The minimum Gasteiger partial charge on any atom is -0.387 e. The molecule has 1 aliphatic rings. The molecule has 1 saturated heterocycles. The number of rotatable bonds is 11. The van der Waals surface area contributed by atoms with Crippen LogP contribution in [0.2, 0.25) is 0 Å². The average Bonchev–Trinajstić information content (AvgIpc) is 2.97. The van der Waals surface area contributed by atoms with E-state index in [0.29, 0.717) is 19.8 Å². The molecule has 1 heterocycles. The fourth-order valence-corrected chi connectivity index (χ4v) is 4.74. The van der Waals surface area contributed by atoms with Gasteiger partial charge in [0.25, 0.3) is 0 Å². The van der Waals surface area contributed by atoms with Gasteiger partial charge in [0.05, 0.1) is 26.4 Å². The minimum atomic E-state index is -0.970. The van der Waals surface area contributed by atoms with E-state index < -0.39 is 30.7 Å². The number of ether oxygens (including phenoxy) is 5. The van der Waals surface area contributed by atoms with Crippen LogP contribution in [0.25, 0.3) is 10.8 Å². The molecule has 1 fully saturated rings. The number of fused-ring (bicyclic) bond motifs is 1. The standard InChI is InChI=1S/C32H34O6/c1-34-32-31(37-21-24-12-6-3-7-13-24)30(36-20-23-10-4-2-5-11-23)29(33)28(38-32)22-35-19-25-16-17-26-14-8-9-15-27(26)18-25/h2-18,28-33H,19-22H2,1H3/t28-,29+,30+,31-,32+/m1/s1. The van der Waals surface area contributed by atoms with E-state index in [-0.39, 0.29) is 6.61 Å². The third-order valence-electron chi connectivity index (χ3n) is 6.79. The highest BCUT2D eigenvalue weighted by molar-refractivity contribution is 5.82. The second-order valence-electron chi connectivity index (χ2n) is 9.49. The molecular formula is C32H34O6. The number of benzene rings is 4. The van der Waals surface area contributed by atoms with Gasteiger partial charge in [-0.1, -0.05) is 97.1 Å². The number of aliphatic hydroxyl groups excluding tert-OH is 1. The van der Waals surface area contributed by atoms with Gasteiger partial charge in [-0.3, -0.25) is 0 Å². The third kappa shape index (κ3) is 6.66. The highest BCUT2D eigenvalue weighted by Crippen LogP contribution is 2.29. The van der Waals surface area contributed by atoms with Crippen LogP contribution in [0.15, 0.2) is 103 Å².